The predicted octanol–water partition coefficient (Wildman–Crippen LogP) is 4.77. The highest BCUT2D eigenvalue weighted by molar-refractivity contribution is 6.31. The van der Waals surface area contributed by atoms with Gasteiger partial charge in [-0.3, -0.25) is 9.59 Å². The number of pyridine rings is 1. The molecule has 0 aliphatic rings. The Hall–Kier alpha value is -4.10. The van der Waals surface area contributed by atoms with Crippen LogP contribution < -0.4 is 15.6 Å². The highest BCUT2D eigenvalue weighted by Gasteiger charge is 2.16. The monoisotopic (exact) mass is 448 g/mol. The third kappa shape index (κ3) is 4.96. The molecule has 8 heteroatoms. The second-order valence-corrected chi connectivity index (χ2v) is 7.21. The number of amides is 1. The van der Waals surface area contributed by atoms with Gasteiger partial charge in [0.2, 0.25) is 5.56 Å². The molecule has 0 unspecified atom stereocenters. The zero-order valence-corrected chi connectivity index (χ0v) is 17.4. The van der Waals surface area contributed by atoms with Crippen LogP contribution in [0.4, 0.5) is 5.69 Å². The molecule has 0 radical (unpaired) electrons. The molecular formula is C24H17ClN2O5. The van der Waals surface area contributed by atoms with Gasteiger partial charge in [-0.15, -0.1) is 0 Å². The molecule has 0 aliphatic heterocycles. The summed E-state index contributed by atoms with van der Waals surface area (Å²) in [7, 11) is 0. The van der Waals surface area contributed by atoms with E-state index in [0.717, 1.165) is 6.07 Å². The van der Waals surface area contributed by atoms with E-state index >= 15 is 0 Å². The number of para-hydroxylation sites is 2. The zero-order valence-electron chi connectivity index (χ0n) is 16.6. The quantitative estimate of drug-likeness (QED) is 0.414. The van der Waals surface area contributed by atoms with Gasteiger partial charge in [-0.25, -0.2) is 4.79 Å². The largest absolute Gasteiger partial charge is 0.455 e. The number of benzene rings is 3. The third-order valence-corrected chi connectivity index (χ3v) is 4.73. The molecule has 4 rings (SSSR count). The summed E-state index contributed by atoms with van der Waals surface area (Å²) < 4.78 is 10.9. The van der Waals surface area contributed by atoms with Crippen molar-refractivity contribution in [2.75, 3.05) is 11.9 Å². The number of H-pyrrole nitrogens is 1. The summed E-state index contributed by atoms with van der Waals surface area (Å²) in [6, 6.07) is 21.8. The Labute approximate surface area is 187 Å². The third-order valence-electron chi connectivity index (χ3n) is 4.49. The van der Waals surface area contributed by atoms with Crippen LogP contribution in [0.25, 0.3) is 10.9 Å². The zero-order chi connectivity index (χ0) is 22.5. The van der Waals surface area contributed by atoms with Crippen molar-refractivity contribution in [2.45, 2.75) is 0 Å². The van der Waals surface area contributed by atoms with Crippen LogP contribution in [0.5, 0.6) is 11.5 Å². The molecule has 0 bridgehead atoms. The van der Waals surface area contributed by atoms with Crippen LogP contribution in [0, 0.1) is 0 Å². The van der Waals surface area contributed by atoms with Crippen molar-refractivity contribution in [1.82, 2.24) is 4.98 Å². The van der Waals surface area contributed by atoms with Crippen molar-refractivity contribution in [3.8, 4) is 11.5 Å². The average molecular weight is 449 g/mol. The van der Waals surface area contributed by atoms with E-state index in [1.54, 1.807) is 48.5 Å². The second kappa shape index (κ2) is 9.36. The number of aromatic nitrogens is 1. The number of halogens is 1. The minimum absolute atomic E-state index is 0.0769. The number of nitrogens with one attached hydrogen (secondary N) is 2. The smallest absolute Gasteiger partial charge is 0.339 e. The van der Waals surface area contributed by atoms with Gasteiger partial charge < -0.3 is 19.8 Å². The van der Waals surface area contributed by atoms with Crippen LogP contribution in [-0.4, -0.2) is 23.5 Å². The Morgan fingerprint density at radius 1 is 0.938 bits per heavy atom. The van der Waals surface area contributed by atoms with Crippen molar-refractivity contribution in [1.29, 1.82) is 0 Å². The number of esters is 1. The summed E-state index contributed by atoms with van der Waals surface area (Å²) in [6.07, 6.45) is 0. The van der Waals surface area contributed by atoms with Gasteiger partial charge in [-0.05, 0) is 36.4 Å². The molecule has 0 aliphatic carbocycles. The van der Waals surface area contributed by atoms with Crippen molar-refractivity contribution >= 4 is 40.1 Å². The number of aromatic amines is 1. The molecule has 32 heavy (non-hydrogen) atoms. The molecule has 0 saturated heterocycles. The van der Waals surface area contributed by atoms with E-state index in [0.29, 0.717) is 33.1 Å². The summed E-state index contributed by atoms with van der Waals surface area (Å²) >= 11 is 6.06. The summed E-state index contributed by atoms with van der Waals surface area (Å²) in [5, 5.41) is 3.55. The van der Waals surface area contributed by atoms with Crippen molar-refractivity contribution < 1.29 is 19.1 Å². The lowest BCUT2D eigenvalue weighted by molar-refractivity contribution is -0.119. The summed E-state index contributed by atoms with van der Waals surface area (Å²) in [5.41, 5.74) is 0.455. The topological polar surface area (TPSA) is 97.5 Å². The normalized spacial score (nSPS) is 10.5. The lowest BCUT2D eigenvalue weighted by Crippen LogP contribution is -2.22. The fraction of sp³-hybridized carbons (Fsp3) is 0.0417. The van der Waals surface area contributed by atoms with E-state index < -0.39 is 24.0 Å². The van der Waals surface area contributed by atoms with Crippen molar-refractivity contribution in [2.24, 2.45) is 0 Å². The molecule has 4 aromatic rings. The minimum atomic E-state index is -0.783. The van der Waals surface area contributed by atoms with Crippen LogP contribution in [0.2, 0.25) is 5.02 Å². The maximum atomic E-state index is 12.5. The summed E-state index contributed by atoms with van der Waals surface area (Å²) in [6.45, 7) is -0.558. The van der Waals surface area contributed by atoms with Crippen LogP contribution in [-0.2, 0) is 9.53 Å². The maximum absolute atomic E-state index is 12.5. The number of hydrogen-bond donors (Lipinski definition) is 2. The van der Waals surface area contributed by atoms with Gasteiger partial charge in [-0.1, -0.05) is 48.0 Å². The summed E-state index contributed by atoms with van der Waals surface area (Å²) in [4.78, 5) is 39.5. The van der Waals surface area contributed by atoms with Gasteiger partial charge in [-0.2, -0.15) is 0 Å². The molecule has 1 aromatic heterocycles. The maximum Gasteiger partial charge on any atom is 0.339 e. The Morgan fingerprint density at radius 3 is 2.50 bits per heavy atom. The number of fused-ring (bicyclic) bond motifs is 1. The number of ether oxygens (including phenoxy) is 2. The van der Waals surface area contributed by atoms with Crippen molar-refractivity contribution in [3.63, 3.8) is 0 Å². The Morgan fingerprint density at radius 2 is 1.69 bits per heavy atom. The molecule has 160 valence electrons. The SMILES string of the molecule is O=C(COC(=O)c1cc(=O)[nH]c2ccccc12)Nc1cc(Cl)ccc1Oc1ccccc1. The molecule has 1 amide bonds. The summed E-state index contributed by atoms with van der Waals surface area (Å²) in [5.74, 6) is -0.416. The molecule has 0 spiro atoms. The predicted molar refractivity (Wildman–Crippen MR) is 121 cm³/mol. The number of carbonyl (C=O) groups is 2. The van der Waals surface area contributed by atoms with Gasteiger partial charge in [0.1, 0.15) is 5.75 Å². The highest BCUT2D eigenvalue weighted by Crippen LogP contribution is 2.32. The van der Waals surface area contributed by atoms with Gasteiger partial charge in [0.15, 0.2) is 12.4 Å². The molecule has 3 aromatic carbocycles. The molecule has 0 atom stereocenters. The average Bonchev–Trinajstić information content (AvgIpc) is 2.79. The standard InChI is InChI=1S/C24H17ClN2O5/c25-15-10-11-21(32-16-6-2-1-3-7-16)20(12-15)27-23(29)14-31-24(30)18-13-22(28)26-19-9-5-4-8-17(18)19/h1-13H,14H2,(H,26,28)(H,27,29). The van der Waals surface area contributed by atoms with E-state index in [1.165, 1.54) is 6.07 Å². The van der Waals surface area contributed by atoms with Crippen LogP contribution in [0.15, 0.2) is 83.7 Å². The van der Waals surface area contributed by atoms with Crippen LogP contribution >= 0.6 is 11.6 Å². The minimum Gasteiger partial charge on any atom is -0.455 e. The molecule has 0 saturated carbocycles. The Bertz CT molecular complexity index is 1350. The highest BCUT2D eigenvalue weighted by atomic mass is 35.5. The van der Waals surface area contributed by atoms with E-state index in [2.05, 4.69) is 10.3 Å². The lowest BCUT2D eigenvalue weighted by atomic mass is 10.1. The molecule has 2 N–H and O–H groups in total. The first-order valence-electron chi connectivity index (χ1n) is 9.61. The Balaban J connectivity index is 1.46. The van der Waals surface area contributed by atoms with E-state index in [1.807, 2.05) is 18.2 Å². The number of rotatable bonds is 6. The van der Waals surface area contributed by atoms with Gasteiger partial charge in [0.25, 0.3) is 5.91 Å². The molecule has 0 fully saturated rings. The molecule has 1 heterocycles. The van der Waals surface area contributed by atoms with Gasteiger partial charge in [0, 0.05) is 22.0 Å². The number of carbonyl (C=O) groups excluding carboxylic acids is 2. The van der Waals surface area contributed by atoms with Crippen LogP contribution in [0.1, 0.15) is 10.4 Å². The first kappa shape index (κ1) is 21.1. The van der Waals surface area contributed by atoms with E-state index in [4.69, 9.17) is 21.1 Å². The van der Waals surface area contributed by atoms with Gasteiger partial charge >= 0.3 is 5.97 Å². The van der Waals surface area contributed by atoms with Gasteiger partial charge in [0.05, 0.1) is 11.3 Å². The first-order valence-corrected chi connectivity index (χ1v) is 9.99. The molecular weight excluding hydrogens is 432 g/mol. The fourth-order valence-corrected chi connectivity index (χ4v) is 3.25. The lowest BCUT2D eigenvalue weighted by Gasteiger charge is -2.13. The van der Waals surface area contributed by atoms with Crippen LogP contribution in [0.3, 0.4) is 0 Å². The second-order valence-electron chi connectivity index (χ2n) is 6.77. The number of anilines is 1. The van der Waals surface area contributed by atoms with Crippen molar-refractivity contribution in [3.05, 3.63) is 99.8 Å². The fourth-order valence-electron chi connectivity index (χ4n) is 3.07. The first-order chi connectivity index (χ1) is 15.5. The molecule has 7 nitrogen and oxygen atoms in total. The van der Waals surface area contributed by atoms with E-state index in [9.17, 15) is 14.4 Å². The van der Waals surface area contributed by atoms with E-state index in [-0.39, 0.29) is 5.56 Å². The Kier molecular flexibility index (Phi) is 6.19. The number of hydrogen-bond acceptors (Lipinski definition) is 5.